The highest BCUT2D eigenvalue weighted by Crippen LogP contribution is 2.20. The van der Waals surface area contributed by atoms with Crippen LogP contribution in [0.15, 0.2) is 29.1 Å². The minimum atomic E-state index is -0.147. The molecule has 0 atom stereocenters. The number of pyridine rings is 1. The molecule has 0 fully saturated rings. The number of nitrogens with one attached hydrogen (secondary N) is 3. The van der Waals surface area contributed by atoms with Gasteiger partial charge in [0, 0.05) is 11.5 Å². The highest BCUT2D eigenvalue weighted by molar-refractivity contribution is 5.93. The number of anilines is 1. The van der Waals surface area contributed by atoms with E-state index < -0.39 is 0 Å². The average molecular weight is 225 g/mol. The second kappa shape index (κ2) is 3.35. The van der Waals surface area contributed by atoms with Crippen molar-refractivity contribution >= 4 is 27.9 Å². The summed E-state index contributed by atoms with van der Waals surface area (Å²) in [5, 5.41) is 11.8. The fourth-order valence-electron chi connectivity index (χ4n) is 1.77. The number of fused-ring (bicyclic) bond motifs is 2. The molecule has 6 nitrogen and oxygen atoms in total. The van der Waals surface area contributed by atoms with Gasteiger partial charge in [-0.05, 0) is 18.2 Å². The van der Waals surface area contributed by atoms with Crippen LogP contribution in [0, 0.1) is 11.5 Å². The lowest BCUT2D eigenvalue weighted by molar-refractivity contribution is 1.30. The summed E-state index contributed by atoms with van der Waals surface area (Å²) >= 11 is 0. The summed E-state index contributed by atoms with van der Waals surface area (Å²) in [6.07, 6.45) is 1.79. The van der Waals surface area contributed by atoms with Crippen LogP contribution in [0.3, 0.4) is 0 Å². The van der Waals surface area contributed by atoms with Crippen LogP contribution >= 0.6 is 0 Å². The molecule has 0 amide bonds. The van der Waals surface area contributed by atoms with Gasteiger partial charge in [0.15, 0.2) is 6.19 Å². The molecular weight excluding hydrogens is 218 g/mol. The standard InChI is InChI=1S/C11H7N5O/c12-5-13-11-15-8-3-6-1-2-10(17)14-7(6)4-9(8)16-11/h1-4H,(H,14,17)(H2,13,15,16). The molecule has 2 heterocycles. The van der Waals surface area contributed by atoms with E-state index in [0.29, 0.717) is 5.95 Å². The van der Waals surface area contributed by atoms with Gasteiger partial charge in [-0.2, -0.15) is 5.26 Å². The van der Waals surface area contributed by atoms with Crippen LogP contribution in [0.25, 0.3) is 21.9 Å². The second-order valence-corrected chi connectivity index (χ2v) is 3.60. The lowest BCUT2D eigenvalue weighted by Gasteiger charge is -1.95. The van der Waals surface area contributed by atoms with Crippen LogP contribution in [0.1, 0.15) is 0 Å². The van der Waals surface area contributed by atoms with E-state index in [4.69, 9.17) is 5.26 Å². The summed E-state index contributed by atoms with van der Waals surface area (Å²) in [5.74, 6) is 0.389. The third kappa shape index (κ3) is 1.50. The molecule has 1 aromatic carbocycles. The number of aromatic nitrogens is 3. The molecule has 0 bridgehead atoms. The quantitative estimate of drug-likeness (QED) is 0.429. The molecule has 0 saturated heterocycles. The zero-order chi connectivity index (χ0) is 11.8. The maximum absolute atomic E-state index is 11.2. The monoisotopic (exact) mass is 225 g/mol. The summed E-state index contributed by atoms with van der Waals surface area (Å²) in [4.78, 5) is 21.1. The van der Waals surface area contributed by atoms with Gasteiger partial charge in [0.2, 0.25) is 11.5 Å². The van der Waals surface area contributed by atoms with E-state index >= 15 is 0 Å². The Morgan fingerprint density at radius 1 is 1.24 bits per heavy atom. The van der Waals surface area contributed by atoms with Gasteiger partial charge in [0.25, 0.3) is 0 Å². The number of hydrogen-bond donors (Lipinski definition) is 3. The van der Waals surface area contributed by atoms with E-state index in [9.17, 15) is 4.79 Å². The van der Waals surface area contributed by atoms with Crippen molar-refractivity contribution in [3.63, 3.8) is 0 Å². The first-order chi connectivity index (χ1) is 8.26. The SMILES string of the molecule is N#CNc1nc2cc3ccc(=O)[nH]c3cc2[nH]1. The molecule has 6 heteroatoms. The molecule has 17 heavy (non-hydrogen) atoms. The number of hydrogen-bond acceptors (Lipinski definition) is 4. The van der Waals surface area contributed by atoms with Crippen LogP contribution in [0.4, 0.5) is 5.95 Å². The third-order valence-corrected chi connectivity index (χ3v) is 2.50. The van der Waals surface area contributed by atoms with E-state index in [0.717, 1.165) is 21.9 Å². The van der Waals surface area contributed by atoms with Crippen molar-refractivity contribution < 1.29 is 0 Å². The maximum Gasteiger partial charge on any atom is 0.248 e. The molecule has 0 aliphatic heterocycles. The zero-order valence-corrected chi connectivity index (χ0v) is 8.61. The number of benzene rings is 1. The van der Waals surface area contributed by atoms with E-state index in [2.05, 4.69) is 20.3 Å². The summed E-state index contributed by atoms with van der Waals surface area (Å²) in [7, 11) is 0. The number of aromatic amines is 2. The van der Waals surface area contributed by atoms with Gasteiger partial charge in [-0.1, -0.05) is 0 Å². The van der Waals surface area contributed by atoms with Gasteiger partial charge >= 0.3 is 0 Å². The Morgan fingerprint density at radius 3 is 2.94 bits per heavy atom. The molecule has 3 aromatic rings. The first-order valence-electron chi connectivity index (χ1n) is 4.94. The molecule has 82 valence electrons. The Morgan fingerprint density at radius 2 is 2.12 bits per heavy atom. The lowest BCUT2D eigenvalue weighted by Crippen LogP contribution is -2.01. The van der Waals surface area contributed by atoms with Crippen molar-refractivity contribution in [3.8, 4) is 6.19 Å². The van der Waals surface area contributed by atoms with Crippen molar-refractivity contribution in [2.24, 2.45) is 0 Å². The smallest absolute Gasteiger partial charge is 0.248 e. The summed E-state index contributed by atoms with van der Waals surface area (Å²) < 4.78 is 0. The Balaban J connectivity index is 2.33. The van der Waals surface area contributed by atoms with Gasteiger partial charge < -0.3 is 9.97 Å². The van der Waals surface area contributed by atoms with Crippen LogP contribution in [0.2, 0.25) is 0 Å². The predicted molar refractivity (Wildman–Crippen MR) is 63.5 cm³/mol. The molecular formula is C11H7N5O. The van der Waals surface area contributed by atoms with Crippen molar-refractivity contribution in [1.82, 2.24) is 15.0 Å². The largest absolute Gasteiger partial charge is 0.323 e. The van der Waals surface area contributed by atoms with E-state index in [1.807, 2.05) is 6.07 Å². The summed E-state index contributed by atoms with van der Waals surface area (Å²) in [5.41, 5.74) is 2.09. The third-order valence-electron chi connectivity index (χ3n) is 2.50. The number of rotatable bonds is 1. The highest BCUT2D eigenvalue weighted by Gasteiger charge is 2.04. The predicted octanol–water partition coefficient (Wildman–Crippen LogP) is 1.30. The number of nitriles is 1. The normalized spacial score (nSPS) is 10.5. The Labute approximate surface area is 94.9 Å². The van der Waals surface area contributed by atoms with Gasteiger partial charge in [-0.25, -0.2) is 4.98 Å². The second-order valence-electron chi connectivity index (χ2n) is 3.60. The average Bonchev–Trinajstić information content (AvgIpc) is 2.67. The molecule has 0 saturated carbocycles. The maximum atomic E-state index is 11.2. The molecule has 0 aliphatic rings. The molecule has 2 aromatic heterocycles. The number of imidazole rings is 1. The van der Waals surface area contributed by atoms with Gasteiger partial charge in [0.1, 0.15) is 0 Å². The van der Waals surface area contributed by atoms with Gasteiger partial charge in [-0.3, -0.25) is 10.1 Å². The zero-order valence-electron chi connectivity index (χ0n) is 8.61. The lowest BCUT2D eigenvalue weighted by atomic mass is 10.2. The van der Waals surface area contributed by atoms with Crippen molar-refractivity contribution in [2.45, 2.75) is 0 Å². The van der Waals surface area contributed by atoms with E-state index in [1.165, 1.54) is 6.07 Å². The van der Waals surface area contributed by atoms with Crippen molar-refractivity contribution in [1.29, 1.82) is 5.26 Å². The molecule has 0 aliphatic carbocycles. The van der Waals surface area contributed by atoms with Crippen molar-refractivity contribution in [2.75, 3.05) is 5.32 Å². The summed E-state index contributed by atoms with van der Waals surface area (Å²) in [6, 6.07) is 6.84. The minimum absolute atomic E-state index is 0.147. The number of nitrogens with zero attached hydrogens (tertiary/aromatic N) is 2. The topological polar surface area (TPSA) is 97.4 Å². The summed E-state index contributed by atoms with van der Waals surface area (Å²) in [6.45, 7) is 0. The van der Waals surface area contributed by atoms with Gasteiger partial charge in [-0.15, -0.1) is 0 Å². The Hall–Kier alpha value is -2.81. The first kappa shape index (κ1) is 9.42. The first-order valence-corrected chi connectivity index (χ1v) is 4.94. The Bertz CT molecular complexity index is 808. The molecule has 0 radical (unpaired) electrons. The molecule has 3 rings (SSSR count). The van der Waals surface area contributed by atoms with Crippen LogP contribution in [-0.4, -0.2) is 15.0 Å². The fraction of sp³-hybridized carbons (Fsp3) is 0. The van der Waals surface area contributed by atoms with Crippen LogP contribution < -0.4 is 10.9 Å². The van der Waals surface area contributed by atoms with Crippen LogP contribution in [0.5, 0.6) is 0 Å². The molecule has 0 spiro atoms. The molecule has 0 unspecified atom stereocenters. The Kier molecular flexibility index (Phi) is 1.86. The number of H-pyrrole nitrogens is 2. The molecule has 3 N–H and O–H groups in total. The minimum Gasteiger partial charge on any atom is -0.323 e. The van der Waals surface area contributed by atoms with Crippen LogP contribution in [-0.2, 0) is 0 Å². The van der Waals surface area contributed by atoms with E-state index in [1.54, 1.807) is 18.3 Å². The van der Waals surface area contributed by atoms with E-state index in [-0.39, 0.29) is 5.56 Å². The van der Waals surface area contributed by atoms with Gasteiger partial charge in [0.05, 0.1) is 16.6 Å². The van der Waals surface area contributed by atoms with Crippen molar-refractivity contribution in [3.05, 3.63) is 34.6 Å². The highest BCUT2D eigenvalue weighted by atomic mass is 16.1. The fourth-order valence-corrected chi connectivity index (χ4v) is 1.77.